The van der Waals surface area contributed by atoms with Gasteiger partial charge in [0.15, 0.2) is 0 Å². The van der Waals surface area contributed by atoms with Gasteiger partial charge in [-0.1, -0.05) is 18.2 Å². The number of nitrogens with zero attached hydrogens (tertiary/aromatic N) is 1. The van der Waals surface area contributed by atoms with Gasteiger partial charge in [-0.05, 0) is 25.6 Å². The first kappa shape index (κ1) is 17.2. The lowest BCUT2D eigenvalue weighted by Gasteiger charge is -2.19. The van der Waals surface area contributed by atoms with E-state index in [2.05, 4.69) is 0 Å². The molecule has 1 aromatic carbocycles. The Bertz CT molecular complexity index is 367. The van der Waals surface area contributed by atoms with Gasteiger partial charge in [0.2, 0.25) is 0 Å². The van der Waals surface area contributed by atoms with Crippen molar-refractivity contribution in [3.05, 3.63) is 35.4 Å². The molecule has 0 aliphatic rings. The first-order chi connectivity index (χ1) is 7.79. The van der Waals surface area contributed by atoms with Crippen molar-refractivity contribution in [1.29, 1.82) is 0 Å². The third-order valence-electron chi connectivity index (χ3n) is 2.31. The topological polar surface area (TPSA) is 29.3 Å². The monoisotopic (exact) mass is 282 g/mol. The standard InChI is InChI=1S/C12H17F3N2.ClH/c1-9(16)7-17(2)8-10-4-3-5-11(6-10)12(13,14)15;/h3-6,9H,7-8,16H2,1-2H3;1H. The summed E-state index contributed by atoms with van der Waals surface area (Å²) < 4.78 is 37.4. The molecule has 1 aromatic rings. The van der Waals surface area contributed by atoms with Crippen LogP contribution in [-0.4, -0.2) is 24.5 Å². The SMILES string of the molecule is CC(N)CN(C)Cc1cccc(C(F)(F)F)c1.Cl. The van der Waals surface area contributed by atoms with Crippen molar-refractivity contribution in [2.24, 2.45) is 5.73 Å². The quantitative estimate of drug-likeness (QED) is 0.920. The van der Waals surface area contributed by atoms with Gasteiger partial charge in [0.05, 0.1) is 5.56 Å². The second-order valence-corrected chi connectivity index (χ2v) is 4.37. The van der Waals surface area contributed by atoms with Crippen LogP contribution in [0.4, 0.5) is 13.2 Å². The number of benzene rings is 1. The molecule has 0 heterocycles. The molecule has 0 radical (unpaired) electrons. The maximum atomic E-state index is 12.5. The second-order valence-electron chi connectivity index (χ2n) is 4.37. The van der Waals surface area contributed by atoms with Crippen molar-refractivity contribution in [2.75, 3.05) is 13.6 Å². The minimum atomic E-state index is -4.28. The van der Waals surface area contributed by atoms with Gasteiger partial charge in [-0.3, -0.25) is 0 Å². The van der Waals surface area contributed by atoms with Gasteiger partial charge in [-0.25, -0.2) is 0 Å². The number of likely N-dealkylation sites (N-methyl/N-ethyl adjacent to an activating group) is 1. The van der Waals surface area contributed by atoms with Gasteiger partial charge in [0.25, 0.3) is 0 Å². The summed E-state index contributed by atoms with van der Waals surface area (Å²) in [4.78, 5) is 1.90. The van der Waals surface area contributed by atoms with Crippen LogP contribution in [0.1, 0.15) is 18.1 Å². The van der Waals surface area contributed by atoms with Crippen LogP contribution in [0.15, 0.2) is 24.3 Å². The van der Waals surface area contributed by atoms with Gasteiger partial charge in [0.1, 0.15) is 0 Å². The lowest BCUT2D eigenvalue weighted by molar-refractivity contribution is -0.137. The lowest BCUT2D eigenvalue weighted by Crippen LogP contribution is -2.32. The third-order valence-corrected chi connectivity index (χ3v) is 2.31. The molecule has 6 heteroatoms. The van der Waals surface area contributed by atoms with Crippen LogP contribution in [0.2, 0.25) is 0 Å². The van der Waals surface area contributed by atoms with E-state index >= 15 is 0 Å². The molecular weight excluding hydrogens is 265 g/mol. The Balaban J connectivity index is 0.00000289. The average Bonchev–Trinajstić information content (AvgIpc) is 2.15. The molecule has 0 spiro atoms. The number of rotatable bonds is 4. The fourth-order valence-electron chi connectivity index (χ4n) is 1.71. The van der Waals surface area contributed by atoms with E-state index in [0.29, 0.717) is 18.7 Å². The third kappa shape index (κ3) is 5.71. The highest BCUT2D eigenvalue weighted by molar-refractivity contribution is 5.85. The Morgan fingerprint density at radius 1 is 1.33 bits per heavy atom. The molecule has 1 rings (SSSR count). The highest BCUT2D eigenvalue weighted by Crippen LogP contribution is 2.29. The van der Waals surface area contributed by atoms with Crippen LogP contribution >= 0.6 is 12.4 Å². The molecule has 0 amide bonds. The molecule has 1 atom stereocenters. The first-order valence-corrected chi connectivity index (χ1v) is 5.39. The number of halogens is 4. The Morgan fingerprint density at radius 2 is 1.94 bits per heavy atom. The Morgan fingerprint density at radius 3 is 2.44 bits per heavy atom. The van der Waals surface area contributed by atoms with E-state index in [9.17, 15) is 13.2 Å². The summed E-state index contributed by atoms with van der Waals surface area (Å²) in [7, 11) is 1.84. The first-order valence-electron chi connectivity index (χ1n) is 5.39. The maximum absolute atomic E-state index is 12.5. The van der Waals surface area contributed by atoms with Crippen LogP contribution in [0.5, 0.6) is 0 Å². The van der Waals surface area contributed by atoms with Gasteiger partial charge in [0, 0.05) is 19.1 Å². The molecule has 0 bridgehead atoms. The van der Waals surface area contributed by atoms with Crippen molar-refractivity contribution < 1.29 is 13.2 Å². The van der Waals surface area contributed by atoms with Gasteiger partial charge in [-0.15, -0.1) is 12.4 Å². The van der Waals surface area contributed by atoms with E-state index < -0.39 is 11.7 Å². The molecular formula is C12H18ClF3N2. The van der Waals surface area contributed by atoms with Gasteiger partial charge in [-0.2, -0.15) is 13.2 Å². The summed E-state index contributed by atoms with van der Waals surface area (Å²) in [5.74, 6) is 0. The van der Waals surface area contributed by atoms with Crippen molar-refractivity contribution in [3.63, 3.8) is 0 Å². The predicted molar refractivity (Wildman–Crippen MR) is 68.7 cm³/mol. The van der Waals surface area contributed by atoms with Crippen molar-refractivity contribution in [1.82, 2.24) is 4.90 Å². The number of hydrogen-bond acceptors (Lipinski definition) is 2. The number of alkyl halides is 3. The fourth-order valence-corrected chi connectivity index (χ4v) is 1.71. The molecule has 0 aliphatic carbocycles. The maximum Gasteiger partial charge on any atom is 0.416 e. The van der Waals surface area contributed by atoms with Crippen LogP contribution in [0, 0.1) is 0 Å². The molecule has 0 saturated heterocycles. The molecule has 1 unspecified atom stereocenters. The number of hydrogen-bond donors (Lipinski definition) is 1. The zero-order valence-corrected chi connectivity index (χ0v) is 11.2. The molecule has 0 aliphatic heterocycles. The molecule has 0 aromatic heterocycles. The van der Waals surface area contributed by atoms with Crippen LogP contribution in [0.25, 0.3) is 0 Å². The molecule has 0 fully saturated rings. The zero-order chi connectivity index (χ0) is 13.1. The van der Waals surface area contributed by atoms with Crippen molar-refractivity contribution >= 4 is 12.4 Å². The van der Waals surface area contributed by atoms with E-state index in [4.69, 9.17) is 5.73 Å². The summed E-state index contributed by atoms with van der Waals surface area (Å²) in [5, 5.41) is 0. The minimum Gasteiger partial charge on any atom is -0.327 e. The summed E-state index contributed by atoms with van der Waals surface area (Å²) in [6.07, 6.45) is -4.28. The smallest absolute Gasteiger partial charge is 0.327 e. The number of nitrogens with two attached hydrogens (primary N) is 1. The minimum absolute atomic E-state index is 0. The van der Waals surface area contributed by atoms with Gasteiger partial charge >= 0.3 is 6.18 Å². The highest BCUT2D eigenvalue weighted by Gasteiger charge is 2.30. The highest BCUT2D eigenvalue weighted by atomic mass is 35.5. The fraction of sp³-hybridized carbons (Fsp3) is 0.500. The van der Waals surface area contributed by atoms with E-state index in [1.54, 1.807) is 6.07 Å². The second kappa shape index (κ2) is 6.97. The summed E-state index contributed by atoms with van der Waals surface area (Å²) in [6, 6.07) is 5.38. The molecule has 2 nitrogen and oxygen atoms in total. The normalized spacial score (nSPS) is 13.3. The Kier molecular flexibility index (Phi) is 6.67. The van der Waals surface area contributed by atoms with Crippen LogP contribution in [-0.2, 0) is 12.7 Å². The van der Waals surface area contributed by atoms with E-state index in [0.717, 1.165) is 6.07 Å². The molecule has 104 valence electrons. The molecule has 2 N–H and O–H groups in total. The van der Waals surface area contributed by atoms with Crippen LogP contribution < -0.4 is 5.73 Å². The lowest BCUT2D eigenvalue weighted by atomic mass is 10.1. The Hall–Kier alpha value is -0.780. The Labute approximate surface area is 111 Å². The van der Waals surface area contributed by atoms with E-state index in [-0.39, 0.29) is 18.4 Å². The molecule has 0 saturated carbocycles. The summed E-state index contributed by atoms with van der Waals surface area (Å²) in [6.45, 7) is 2.98. The zero-order valence-electron chi connectivity index (χ0n) is 10.4. The summed E-state index contributed by atoms with van der Waals surface area (Å²) >= 11 is 0. The van der Waals surface area contributed by atoms with Crippen LogP contribution in [0.3, 0.4) is 0 Å². The van der Waals surface area contributed by atoms with E-state index in [1.165, 1.54) is 12.1 Å². The van der Waals surface area contributed by atoms with E-state index in [1.807, 2.05) is 18.9 Å². The van der Waals surface area contributed by atoms with Gasteiger partial charge < -0.3 is 10.6 Å². The van der Waals surface area contributed by atoms with Crippen molar-refractivity contribution in [3.8, 4) is 0 Å². The average molecular weight is 283 g/mol. The molecule has 18 heavy (non-hydrogen) atoms. The predicted octanol–water partition coefficient (Wildman–Crippen LogP) is 2.91. The largest absolute Gasteiger partial charge is 0.416 e. The van der Waals surface area contributed by atoms with Crippen molar-refractivity contribution in [2.45, 2.75) is 25.7 Å². The summed E-state index contributed by atoms with van der Waals surface area (Å²) in [5.41, 5.74) is 5.66.